The van der Waals surface area contributed by atoms with Gasteiger partial charge in [-0.1, -0.05) is 18.2 Å². The van der Waals surface area contributed by atoms with E-state index in [1.165, 1.54) is 0 Å². The lowest BCUT2D eigenvalue weighted by atomic mass is 10.1. The van der Waals surface area contributed by atoms with E-state index in [9.17, 15) is 4.79 Å². The van der Waals surface area contributed by atoms with Crippen molar-refractivity contribution in [2.45, 2.75) is 6.04 Å². The molecule has 100 valence electrons. The fraction of sp³-hybridized carbons (Fsp3) is 0.0667. The van der Waals surface area contributed by atoms with Crippen LogP contribution in [0.3, 0.4) is 0 Å². The summed E-state index contributed by atoms with van der Waals surface area (Å²) < 4.78 is 5.83. The van der Waals surface area contributed by atoms with E-state index in [2.05, 4.69) is 15.8 Å². The predicted octanol–water partition coefficient (Wildman–Crippen LogP) is 1.89. The molecule has 0 fully saturated rings. The molecule has 20 heavy (non-hydrogen) atoms. The standard InChI is InChI=1S/C15H13N3O2/c19-10-11-8-14(18-17-11)13-6-7-16-9-15(13)20-12-4-2-1-3-5-12/h1-11,17-18H. The predicted molar refractivity (Wildman–Crippen MR) is 74.9 cm³/mol. The molecule has 1 unspecified atom stereocenters. The molecule has 1 aromatic carbocycles. The lowest BCUT2D eigenvalue weighted by Crippen LogP contribution is -2.32. The number of carbonyl (C=O) groups is 1. The summed E-state index contributed by atoms with van der Waals surface area (Å²) in [6.45, 7) is 0. The maximum Gasteiger partial charge on any atom is 0.155 e. The van der Waals surface area contributed by atoms with Crippen LogP contribution in [0.2, 0.25) is 0 Å². The first-order valence-electron chi connectivity index (χ1n) is 6.23. The van der Waals surface area contributed by atoms with E-state index in [0.29, 0.717) is 5.75 Å². The van der Waals surface area contributed by atoms with Gasteiger partial charge in [0.25, 0.3) is 0 Å². The lowest BCUT2D eigenvalue weighted by molar-refractivity contribution is -0.108. The molecule has 0 spiro atoms. The molecule has 2 N–H and O–H groups in total. The van der Waals surface area contributed by atoms with Gasteiger partial charge in [0.1, 0.15) is 18.1 Å². The van der Waals surface area contributed by atoms with Crippen molar-refractivity contribution in [2.75, 3.05) is 0 Å². The maximum absolute atomic E-state index is 10.8. The molecule has 1 aromatic heterocycles. The van der Waals surface area contributed by atoms with Gasteiger partial charge in [0, 0.05) is 11.8 Å². The minimum atomic E-state index is -0.331. The Morgan fingerprint density at radius 1 is 1.20 bits per heavy atom. The summed E-state index contributed by atoms with van der Waals surface area (Å²) in [5.41, 5.74) is 7.48. The van der Waals surface area contributed by atoms with Crippen LogP contribution in [0.1, 0.15) is 5.56 Å². The Morgan fingerprint density at radius 3 is 2.80 bits per heavy atom. The number of aromatic nitrogens is 1. The molecule has 1 aliphatic rings. The van der Waals surface area contributed by atoms with Crippen molar-refractivity contribution in [1.29, 1.82) is 0 Å². The number of hydrazine groups is 1. The Balaban J connectivity index is 1.91. The molecule has 3 rings (SSSR count). The van der Waals surface area contributed by atoms with Crippen LogP contribution in [0.5, 0.6) is 11.5 Å². The van der Waals surface area contributed by atoms with Gasteiger partial charge >= 0.3 is 0 Å². The number of nitrogens with zero attached hydrogens (tertiary/aromatic N) is 1. The average Bonchev–Trinajstić information content (AvgIpc) is 2.98. The molecule has 0 radical (unpaired) electrons. The molecule has 1 aliphatic heterocycles. The number of hydrogen-bond acceptors (Lipinski definition) is 5. The molecule has 1 atom stereocenters. The second-order valence-corrected chi connectivity index (χ2v) is 4.30. The third kappa shape index (κ3) is 2.53. The maximum atomic E-state index is 10.8. The molecule has 5 nitrogen and oxygen atoms in total. The molecule has 0 saturated carbocycles. The highest BCUT2D eigenvalue weighted by molar-refractivity contribution is 5.76. The first-order chi connectivity index (χ1) is 9.86. The SMILES string of the molecule is O=CC1C=C(c2ccncc2Oc2ccccc2)NN1. The number of para-hydroxylation sites is 1. The van der Waals surface area contributed by atoms with Gasteiger partial charge in [-0.2, -0.15) is 0 Å². The Labute approximate surface area is 116 Å². The number of aldehydes is 1. The number of nitrogens with one attached hydrogen (secondary N) is 2. The zero-order chi connectivity index (χ0) is 13.8. The first kappa shape index (κ1) is 12.4. The molecule has 0 aliphatic carbocycles. The van der Waals surface area contributed by atoms with Gasteiger partial charge in [-0.15, -0.1) is 0 Å². The number of benzene rings is 1. The topological polar surface area (TPSA) is 63.2 Å². The average molecular weight is 267 g/mol. The number of ether oxygens (including phenoxy) is 1. The summed E-state index contributed by atoms with van der Waals surface area (Å²) in [4.78, 5) is 14.9. The Kier molecular flexibility index (Phi) is 3.43. The summed E-state index contributed by atoms with van der Waals surface area (Å²) in [7, 11) is 0. The minimum absolute atomic E-state index is 0.331. The van der Waals surface area contributed by atoms with Crippen LogP contribution in [0, 0.1) is 0 Å². The van der Waals surface area contributed by atoms with Crippen LogP contribution >= 0.6 is 0 Å². The first-order valence-corrected chi connectivity index (χ1v) is 6.23. The quantitative estimate of drug-likeness (QED) is 0.828. The van der Waals surface area contributed by atoms with Crippen LogP contribution in [-0.4, -0.2) is 17.3 Å². The summed E-state index contributed by atoms with van der Waals surface area (Å²) in [6.07, 6.45) is 5.97. The van der Waals surface area contributed by atoms with Crippen molar-refractivity contribution in [3.63, 3.8) is 0 Å². The Bertz CT molecular complexity index is 641. The largest absolute Gasteiger partial charge is 0.455 e. The third-order valence-corrected chi connectivity index (χ3v) is 2.91. The summed E-state index contributed by atoms with van der Waals surface area (Å²) in [5, 5.41) is 0. The highest BCUT2D eigenvalue weighted by atomic mass is 16.5. The highest BCUT2D eigenvalue weighted by Crippen LogP contribution is 2.29. The van der Waals surface area contributed by atoms with E-state index < -0.39 is 0 Å². The van der Waals surface area contributed by atoms with Crippen LogP contribution in [0.25, 0.3) is 5.70 Å². The van der Waals surface area contributed by atoms with Crippen molar-refractivity contribution >= 4 is 12.0 Å². The summed E-state index contributed by atoms with van der Waals surface area (Å²) in [6, 6.07) is 11.0. The molecular weight excluding hydrogens is 254 g/mol. The van der Waals surface area contributed by atoms with Gasteiger partial charge in [-0.3, -0.25) is 4.98 Å². The van der Waals surface area contributed by atoms with E-state index in [4.69, 9.17) is 4.74 Å². The second-order valence-electron chi connectivity index (χ2n) is 4.30. The van der Waals surface area contributed by atoms with E-state index in [1.54, 1.807) is 18.5 Å². The third-order valence-electron chi connectivity index (χ3n) is 2.91. The molecule has 0 saturated heterocycles. The normalized spacial score (nSPS) is 17.2. The van der Waals surface area contributed by atoms with Crippen molar-refractivity contribution in [3.05, 3.63) is 60.4 Å². The van der Waals surface area contributed by atoms with Gasteiger partial charge < -0.3 is 15.0 Å². The van der Waals surface area contributed by atoms with Gasteiger partial charge in [-0.25, -0.2) is 5.43 Å². The van der Waals surface area contributed by atoms with Crippen LogP contribution in [0.4, 0.5) is 0 Å². The molecule has 2 aromatic rings. The smallest absolute Gasteiger partial charge is 0.155 e. The van der Waals surface area contributed by atoms with E-state index in [1.807, 2.05) is 36.4 Å². The van der Waals surface area contributed by atoms with Gasteiger partial charge in [-0.05, 0) is 24.3 Å². The Hall–Kier alpha value is -2.66. The van der Waals surface area contributed by atoms with Crippen molar-refractivity contribution in [2.24, 2.45) is 0 Å². The molecule has 2 heterocycles. The fourth-order valence-electron chi connectivity index (χ4n) is 1.95. The van der Waals surface area contributed by atoms with Crippen molar-refractivity contribution < 1.29 is 9.53 Å². The number of rotatable bonds is 4. The highest BCUT2D eigenvalue weighted by Gasteiger charge is 2.18. The van der Waals surface area contributed by atoms with Gasteiger partial charge in [0.05, 0.1) is 11.9 Å². The van der Waals surface area contributed by atoms with Crippen molar-refractivity contribution in [1.82, 2.24) is 15.8 Å². The number of hydrogen-bond donors (Lipinski definition) is 2. The molecule has 0 amide bonds. The number of pyridine rings is 1. The summed E-state index contributed by atoms with van der Waals surface area (Å²) in [5.74, 6) is 1.37. The van der Waals surface area contributed by atoms with Crippen LogP contribution < -0.4 is 15.6 Å². The zero-order valence-corrected chi connectivity index (χ0v) is 10.6. The van der Waals surface area contributed by atoms with Crippen LogP contribution in [0.15, 0.2) is 54.9 Å². The van der Waals surface area contributed by atoms with Gasteiger partial charge in [0.2, 0.25) is 0 Å². The Morgan fingerprint density at radius 2 is 2.05 bits per heavy atom. The monoisotopic (exact) mass is 267 g/mol. The second kappa shape index (κ2) is 5.54. The number of carbonyl (C=O) groups excluding carboxylic acids is 1. The van der Waals surface area contributed by atoms with E-state index >= 15 is 0 Å². The van der Waals surface area contributed by atoms with Crippen LogP contribution in [-0.2, 0) is 4.79 Å². The molecular formula is C15H13N3O2. The minimum Gasteiger partial charge on any atom is -0.455 e. The van der Waals surface area contributed by atoms with E-state index in [0.717, 1.165) is 23.3 Å². The molecule has 5 heteroatoms. The van der Waals surface area contributed by atoms with E-state index in [-0.39, 0.29) is 6.04 Å². The fourth-order valence-corrected chi connectivity index (χ4v) is 1.95. The summed E-state index contributed by atoms with van der Waals surface area (Å²) >= 11 is 0. The van der Waals surface area contributed by atoms with Gasteiger partial charge in [0.15, 0.2) is 5.75 Å². The molecule has 0 bridgehead atoms. The lowest BCUT2D eigenvalue weighted by Gasteiger charge is -2.11. The zero-order valence-electron chi connectivity index (χ0n) is 10.6. The van der Waals surface area contributed by atoms with Crippen molar-refractivity contribution in [3.8, 4) is 11.5 Å².